The topological polar surface area (TPSA) is 63.5 Å². The van der Waals surface area contributed by atoms with Crippen LogP contribution in [0.3, 0.4) is 0 Å². The van der Waals surface area contributed by atoms with Gasteiger partial charge in [0, 0.05) is 30.3 Å². The average Bonchev–Trinajstić information content (AvgIpc) is 2.65. The highest BCUT2D eigenvalue weighted by atomic mass is 19.3. The third-order valence-electron chi connectivity index (χ3n) is 4.02. The summed E-state index contributed by atoms with van der Waals surface area (Å²) < 4.78 is 52.8. The Balaban J connectivity index is 2.03. The van der Waals surface area contributed by atoms with Gasteiger partial charge in [-0.15, -0.1) is 0 Å². The number of nitrogens with zero attached hydrogens (tertiary/aromatic N) is 2. The molecule has 1 N–H and O–H groups in total. The maximum atomic E-state index is 13.7. The second-order valence-electron chi connectivity index (χ2n) is 6.16. The van der Waals surface area contributed by atoms with Crippen LogP contribution in [0.4, 0.5) is 17.6 Å². The van der Waals surface area contributed by atoms with Crippen molar-refractivity contribution in [2.24, 2.45) is 0 Å². The van der Waals surface area contributed by atoms with E-state index < -0.39 is 36.1 Å². The van der Waals surface area contributed by atoms with Crippen LogP contribution in [0, 0.1) is 0 Å². The first kappa shape index (κ1) is 19.5. The quantitative estimate of drug-likeness (QED) is 0.676. The van der Waals surface area contributed by atoms with Crippen LogP contribution in [0.2, 0.25) is 0 Å². The third kappa shape index (κ3) is 4.03. The minimum absolute atomic E-state index is 0.0430. The van der Waals surface area contributed by atoms with Gasteiger partial charge in [0.2, 0.25) is 0 Å². The Hall–Kier alpha value is -3.23. The molecule has 146 valence electrons. The van der Waals surface area contributed by atoms with Crippen LogP contribution in [0.15, 0.2) is 53.5 Å². The maximum Gasteiger partial charge on any atom is 0.287 e. The van der Waals surface area contributed by atoms with Crippen LogP contribution in [0.5, 0.6) is 0 Å². The second-order valence-corrected chi connectivity index (χ2v) is 6.16. The first-order valence-corrected chi connectivity index (χ1v) is 8.24. The fourth-order valence-corrected chi connectivity index (χ4v) is 2.65. The van der Waals surface area contributed by atoms with E-state index in [0.717, 1.165) is 10.5 Å². The van der Waals surface area contributed by atoms with Crippen molar-refractivity contribution < 1.29 is 22.4 Å². The first-order valence-electron chi connectivity index (χ1n) is 8.24. The minimum Gasteiger partial charge on any atom is -0.346 e. The highest BCUT2D eigenvalue weighted by Crippen LogP contribution is 2.27. The molecule has 0 radical (unpaired) electrons. The van der Waals surface area contributed by atoms with Crippen molar-refractivity contribution in [1.29, 1.82) is 0 Å². The van der Waals surface area contributed by atoms with E-state index in [0.29, 0.717) is 18.1 Å². The Kier molecular flexibility index (Phi) is 5.17. The number of hydrogen-bond acceptors (Lipinski definition) is 3. The summed E-state index contributed by atoms with van der Waals surface area (Å²) in [5, 5.41) is 2.09. The van der Waals surface area contributed by atoms with Crippen molar-refractivity contribution in [2.75, 3.05) is 6.54 Å². The van der Waals surface area contributed by atoms with E-state index in [4.69, 9.17) is 0 Å². The van der Waals surface area contributed by atoms with Crippen molar-refractivity contribution in [3.63, 3.8) is 0 Å². The van der Waals surface area contributed by atoms with Crippen LogP contribution < -0.4 is 10.9 Å². The molecule has 1 amide bonds. The molecule has 0 saturated heterocycles. The maximum absolute atomic E-state index is 13.7. The lowest BCUT2D eigenvalue weighted by atomic mass is 10.0. The summed E-state index contributed by atoms with van der Waals surface area (Å²) in [5.41, 5.74) is -0.159. The fraction of sp³-hybridized carbons (Fsp3) is 0.211. The number of benzene rings is 1. The number of fused-ring (bicyclic) bond motifs is 1. The molecule has 3 aromatic rings. The molecule has 0 aliphatic carbocycles. The van der Waals surface area contributed by atoms with E-state index in [9.17, 15) is 27.2 Å². The van der Waals surface area contributed by atoms with E-state index in [-0.39, 0.29) is 11.2 Å². The van der Waals surface area contributed by atoms with Crippen molar-refractivity contribution in [3.8, 4) is 11.1 Å². The summed E-state index contributed by atoms with van der Waals surface area (Å²) in [5.74, 6) is -3.94. The molecule has 0 aliphatic rings. The van der Waals surface area contributed by atoms with Crippen LogP contribution in [-0.4, -0.2) is 28.3 Å². The molecule has 0 saturated carbocycles. The Morgan fingerprint density at radius 3 is 2.50 bits per heavy atom. The van der Waals surface area contributed by atoms with Gasteiger partial charge in [-0.1, -0.05) is 12.1 Å². The van der Waals surface area contributed by atoms with Crippen LogP contribution >= 0.6 is 0 Å². The molecule has 0 fully saturated rings. The van der Waals surface area contributed by atoms with Crippen molar-refractivity contribution in [1.82, 2.24) is 14.7 Å². The molecule has 9 heteroatoms. The summed E-state index contributed by atoms with van der Waals surface area (Å²) in [6.45, 7) is -0.106. The Morgan fingerprint density at radius 1 is 1.21 bits per heavy atom. The fourth-order valence-electron chi connectivity index (χ4n) is 2.65. The van der Waals surface area contributed by atoms with Crippen molar-refractivity contribution in [3.05, 3.63) is 70.3 Å². The number of carbonyl (C=O) groups excluding carboxylic acids is 1. The van der Waals surface area contributed by atoms with E-state index in [1.165, 1.54) is 30.5 Å². The monoisotopic (exact) mass is 393 g/mol. The summed E-state index contributed by atoms with van der Waals surface area (Å²) in [7, 11) is 0. The van der Waals surface area contributed by atoms with Crippen LogP contribution in [0.1, 0.15) is 23.0 Å². The zero-order valence-corrected chi connectivity index (χ0v) is 14.6. The Bertz CT molecular complexity index is 1070. The molecule has 28 heavy (non-hydrogen) atoms. The lowest BCUT2D eigenvalue weighted by Crippen LogP contribution is -2.28. The highest BCUT2D eigenvalue weighted by molar-refractivity contribution is 5.95. The minimum atomic E-state index is -3.28. The van der Waals surface area contributed by atoms with Crippen LogP contribution in [-0.2, 0) is 5.92 Å². The number of amides is 1. The predicted octanol–water partition coefficient (Wildman–Crippen LogP) is 3.47. The Labute approximate surface area is 156 Å². The second kappa shape index (κ2) is 7.41. The molecule has 2 heterocycles. The summed E-state index contributed by atoms with van der Waals surface area (Å²) in [4.78, 5) is 27.9. The van der Waals surface area contributed by atoms with Gasteiger partial charge in [-0.25, -0.2) is 13.8 Å². The van der Waals surface area contributed by atoms with E-state index in [1.807, 2.05) is 0 Å². The van der Waals surface area contributed by atoms with Crippen LogP contribution in [0.25, 0.3) is 16.8 Å². The normalized spacial score (nSPS) is 11.8. The SMILES string of the molecule is CC(F)(F)c1cc(=O)n2cccc(-c3ccc(C(=O)NCC(F)F)cc3)c2n1. The van der Waals surface area contributed by atoms with Gasteiger partial charge in [0.05, 0.1) is 6.54 Å². The Morgan fingerprint density at radius 2 is 1.89 bits per heavy atom. The average molecular weight is 393 g/mol. The van der Waals surface area contributed by atoms with Gasteiger partial charge >= 0.3 is 0 Å². The third-order valence-corrected chi connectivity index (χ3v) is 4.02. The molecule has 1 aromatic carbocycles. The van der Waals surface area contributed by atoms with Gasteiger partial charge in [-0.3, -0.25) is 14.0 Å². The zero-order chi connectivity index (χ0) is 20.5. The molecule has 2 aromatic heterocycles. The molecular formula is C19H15F4N3O2. The largest absolute Gasteiger partial charge is 0.346 e. The molecule has 3 rings (SSSR count). The van der Waals surface area contributed by atoms with Gasteiger partial charge in [0.1, 0.15) is 11.3 Å². The zero-order valence-electron chi connectivity index (χ0n) is 14.6. The van der Waals surface area contributed by atoms with E-state index in [1.54, 1.807) is 12.1 Å². The number of aromatic nitrogens is 2. The molecule has 0 unspecified atom stereocenters. The lowest BCUT2D eigenvalue weighted by molar-refractivity contribution is 0.0128. The number of halogens is 4. The summed E-state index contributed by atoms with van der Waals surface area (Å²) in [6.07, 6.45) is -1.24. The highest BCUT2D eigenvalue weighted by Gasteiger charge is 2.27. The van der Waals surface area contributed by atoms with Crippen molar-refractivity contribution in [2.45, 2.75) is 19.3 Å². The number of carbonyl (C=O) groups is 1. The predicted molar refractivity (Wildman–Crippen MR) is 94.8 cm³/mol. The van der Waals surface area contributed by atoms with E-state index >= 15 is 0 Å². The van der Waals surface area contributed by atoms with Gasteiger partial charge in [-0.2, -0.15) is 8.78 Å². The van der Waals surface area contributed by atoms with Gasteiger partial charge < -0.3 is 5.32 Å². The molecule has 0 aliphatic heterocycles. The number of hydrogen-bond donors (Lipinski definition) is 1. The smallest absolute Gasteiger partial charge is 0.287 e. The number of nitrogens with one attached hydrogen (secondary N) is 1. The summed E-state index contributed by atoms with van der Waals surface area (Å²) >= 11 is 0. The molecule has 5 nitrogen and oxygen atoms in total. The first-order chi connectivity index (χ1) is 13.2. The van der Waals surface area contributed by atoms with Gasteiger partial charge in [0.15, 0.2) is 0 Å². The van der Waals surface area contributed by atoms with E-state index in [2.05, 4.69) is 10.3 Å². The molecule has 0 atom stereocenters. The summed E-state index contributed by atoms with van der Waals surface area (Å²) in [6, 6.07) is 9.83. The molecule has 0 spiro atoms. The standard InChI is InChI=1S/C19H15F4N3O2/c1-19(22,23)14-9-16(27)26-8-2-3-13(17(26)25-14)11-4-6-12(7-5-11)18(28)24-10-15(20)21/h2-9,15H,10H2,1H3,(H,24,28). The van der Waals surface area contributed by atoms with Gasteiger partial charge in [0.25, 0.3) is 23.8 Å². The number of pyridine rings is 1. The lowest BCUT2D eigenvalue weighted by Gasteiger charge is -2.13. The molecular weight excluding hydrogens is 378 g/mol. The number of alkyl halides is 4. The number of rotatable bonds is 5. The van der Waals surface area contributed by atoms with Gasteiger partial charge in [-0.05, 0) is 29.8 Å². The molecule has 0 bridgehead atoms. The van der Waals surface area contributed by atoms with Crippen molar-refractivity contribution >= 4 is 11.6 Å².